The number of nitrogens with one attached hydrogen (secondary N) is 1. The zero-order chi connectivity index (χ0) is 20.9. The summed E-state index contributed by atoms with van der Waals surface area (Å²) in [6.07, 6.45) is 0. The van der Waals surface area contributed by atoms with E-state index in [4.69, 9.17) is 11.6 Å². The Balaban J connectivity index is 1.62. The molecule has 4 aromatic rings. The molecule has 0 aliphatic carbocycles. The van der Waals surface area contributed by atoms with Gasteiger partial charge in [0.1, 0.15) is 5.25 Å². The molecule has 3 aromatic carbocycles. The van der Waals surface area contributed by atoms with Crippen molar-refractivity contribution < 1.29 is 4.79 Å². The lowest BCUT2D eigenvalue weighted by atomic mass is 10.1. The molecular weight excluding hydrogens is 416 g/mol. The largest absolute Gasteiger partial charge is 0.325 e. The fourth-order valence-electron chi connectivity index (χ4n) is 3.00. The molecule has 1 atom stereocenters. The third-order valence-corrected chi connectivity index (χ3v) is 6.08. The number of anilines is 1. The number of benzene rings is 3. The minimum Gasteiger partial charge on any atom is -0.325 e. The first-order valence-electron chi connectivity index (χ1n) is 9.34. The Morgan fingerprint density at radius 3 is 2.23 bits per heavy atom. The molecule has 5 nitrogen and oxygen atoms in total. The Bertz CT molecular complexity index is 1130. The first-order chi connectivity index (χ1) is 14.6. The van der Waals surface area contributed by atoms with Gasteiger partial charge in [-0.05, 0) is 42.0 Å². The molecule has 4 rings (SSSR count). The van der Waals surface area contributed by atoms with Crippen molar-refractivity contribution >= 4 is 35.0 Å². The summed E-state index contributed by atoms with van der Waals surface area (Å²) < 4.78 is 1.89. The van der Waals surface area contributed by atoms with Crippen molar-refractivity contribution in [3.05, 3.63) is 95.5 Å². The molecule has 0 spiro atoms. The van der Waals surface area contributed by atoms with Crippen LogP contribution in [-0.4, -0.2) is 20.7 Å². The van der Waals surface area contributed by atoms with E-state index in [1.807, 2.05) is 96.5 Å². The first-order valence-corrected chi connectivity index (χ1v) is 10.6. The van der Waals surface area contributed by atoms with Gasteiger partial charge in [0.15, 0.2) is 11.0 Å². The fourth-order valence-corrected chi connectivity index (χ4v) is 4.13. The number of nitrogens with zero attached hydrogens (tertiary/aromatic N) is 3. The van der Waals surface area contributed by atoms with Crippen molar-refractivity contribution in [2.45, 2.75) is 10.4 Å². The van der Waals surface area contributed by atoms with Crippen LogP contribution in [-0.2, 0) is 11.8 Å². The van der Waals surface area contributed by atoms with Crippen LogP contribution in [0.2, 0.25) is 5.02 Å². The highest BCUT2D eigenvalue weighted by atomic mass is 35.5. The summed E-state index contributed by atoms with van der Waals surface area (Å²) in [5.74, 6) is 0.595. The molecule has 1 N–H and O–H groups in total. The topological polar surface area (TPSA) is 59.8 Å². The van der Waals surface area contributed by atoms with Gasteiger partial charge in [0.2, 0.25) is 5.91 Å². The maximum atomic E-state index is 13.1. The third kappa shape index (κ3) is 4.56. The number of halogens is 1. The summed E-state index contributed by atoms with van der Waals surface area (Å²) in [5, 5.41) is 12.5. The van der Waals surface area contributed by atoms with Crippen molar-refractivity contribution in [1.29, 1.82) is 0 Å². The van der Waals surface area contributed by atoms with Crippen LogP contribution in [0.15, 0.2) is 90.1 Å². The zero-order valence-electron chi connectivity index (χ0n) is 16.2. The van der Waals surface area contributed by atoms with Gasteiger partial charge in [0.25, 0.3) is 0 Å². The second-order valence-corrected chi connectivity index (χ2v) is 8.14. The number of amides is 1. The molecule has 0 saturated carbocycles. The Hall–Kier alpha value is -3.09. The van der Waals surface area contributed by atoms with Crippen LogP contribution in [0.1, 0.15) is 10.8 Å². The fraction of sp³-hybridized carbons (Fsp3) is 0.0870. The van der Waals surface area contributed by atoms with Gasteiger partial charge >= 0.3 is 0 Å². The number of carbonyl (C=O) groups excluding carboxylic acids is 1. The van der Waals surface area contributed by atoms with Crippen molar-refractivity contribution in [2.75, 3.05) is 5.32 Å². The molecule has 0 saturated heterocycles. The number of hydrogen-bond donors (Lipinski definition) is 1. The van der Waals surface area contributed by atoms with E-state index in [0.29, 0.717) is 16.0 Å². The number of carbonyl (C=O) groups is 1. The van der Waals surface area contributed by atoms with Gasteiger partial charge in [0.05, 0.1) is 0 Å². The highest BCUT2D eigenvalue weighted by Gasteiger charge is 2.25. The van der Waals surface area contributed by atoms with E-state index in [9.17, 15) is 4.79 Å². The van der Waals surface area contributed by atoms with Gasteiger partial charge in [0, 0.05) is 23.3 Å². The van der Waals surface area contributed by atoms with Gasteiger partial charge in [-0.15, -0.1) is 10.2 Å². The van der Waals surface area contributed by atoms with E-state index in [2.05, 4.69) is 15.5 Å². The van der Waals surface area contributed by atoms with Gasteiger partial charge < -0.3 is 9.88 Å². The van der Waals surface area contributed by atoms with Crippen LogP contribution < -0.4 is 5.32 Å². The van der Waals surface area contributed by atoms with Crippen LogP contribution in [0.5, 0.6) is 0 Å². The standard InChI is InChI=1S/C23H19ClN4OS/c1-28-21(17-12-14-18(24)15-13-17)26-27-23(28)30-20(16-8-4-2-5-9-16)22(29)25-19-10-6-3-7-11-19/h2-15,20H,1H3,(H,25,29). The SMILES string of the molecule is Cn1c(SC(C(=O)Nc2ccccc2)c2ccccc2)nnc1-c1ccc(Cl)cc1. The Labute approximate surface area is 184 Å². The molecule has 1 heterocycles. The van der Waals surface area contributed by atoms with E-state index < -0.39 is 5.25 Å². The number of hydrogen-bond acceptors (Lipinski definition) is 4. The molecule has 0 aliphatic heterocycles. The number of rotatable bonds is 6. The first kappa shape index (κ1) is 20.2. The van der Waals surface area contributed by atoms with Crippen molar-refractivity contribution in [1.82, 2.24) is 14.8 Å². The summed E-state index contributed by atoms with van der Waals surface area (Å²) in [6, 6.07) is 26.5. The second kappa shape index (κ2) is 9.15. The molecule has 0 bridgehead atoms. The lowest BCUT2D eigenvalue weighted by Crippen LogP contribution is -2.19. The van der Waals surface area contributed by atoms with E-state index in [1.165, 1.54) is 11.8 Å². The minimum absolute atomic E-state index is 0.117. The summed E-state index contributed by atoms with van der Waals surface area (Å²) >= 11 is 7.36. The molecule has 0 fully saturated rings. The van der Waals surface area contributed by atoms with E-state index in [1.54, 1.807) is 0 Å². The van der Waals surface area contributed by atoms with Crippen LogP contribution in [0.25, 0.3) is 11.4 Å². The number of para-hydroxylation sites is 1. The number of thioether (sulfide) groups is 1. The molecule has 1 unspecified atom stereocenters. The van der Waals surface area contributed by atoms with Crippen LogP contribution in [0, 0.1) is 0 Å². The Kier molecular flexibility index (Phi) is 6.16. The van der Waals surface area contributed by atoms with Crippen LogP contribution in [0.3, 0.4) is 0 Å². The highest BCUT2D eigenvalue weighted by molar-refractivity contribution is 8.00. The van der Waals surface area contributed by atoms with Gasteiger partial charge in [-0.2, -0.15) is 0 Å². The molecule has 0 radical (unpaired) electrons. The van der Waals surface area contributed by atoms with Gasteiger partial charge in [-0.3, -0.25) is 4.79 Å². The van der Waals surface area contributed by atoms with Gasteiger partial charge in [-0.1, -0.05) is 71.9 Å². The summed E-state index contributed by atoms with van der Waals surface area (Å²) in [7, 11) is 1.89. The predicted molar refractivity (Wildman–Crippen MR) is 122 cm³/mol. The third-order valence-electron chi connectivity index (χ3n) is 4.54. The van der Waals surface area contributed by atoms with Crippen molar-refractivity contribution in [3.63, 3.8) is 0 Å². The molecule has 1 aromatic heterocycles. The normalized spacial score (nSPS) is 11.8. The van der Waals surface area contributed by atoms with E-state index in [0.717, 1.165) is 16.8 Å². The van der Waals surface area contributed by atoms with Crippen LogP contribution >= 0.6 is 23.4 Å². The highest BCUT2D eigenvalue weighted by Crippen LogP contribution is 2.36. The smallest absolute Gasteiger partial charge is 0.242 e. The van der Waals surface area contributed by atoms with Crippen LogP contribution in [0.4, 0.5) is 5.69 Å². The lowest BCUT2D eigenvalue weighted by molar-refractivity contribution is -0.115. The molecule has 1 amide bonds. The average Bonchev–Trinajstić information content (AvgIpc) is 3.14. The summed E-state index contributed by atoms with van der Waals surface area (Å²) in [5.41, 5.74) is 2.56. The maximum absolute atomic E-state index is 13.1. The molecular formula is C23H19ClN4OS. The molecule has 150 valence electrons. The number of aromatic nitrogens is 3. The molecule has 30 heavy (non-hydrogen) atoms. The maximum Gasteiger partial charge on any atom is 0.242 e. The Morgan fingerprint density at radius 1 is 0.933 bits per heavy atom. The molecule has 0 aliphatic rings. The zero-order valence-corrected chi connectivity index (χ0v) is 17.8. The monoisotopic (exact) mass is 434 g/mol. The van der Waals surface area contributed by atoms with E-state index in [-0.39, 0.29) is 5.91 Å². The van der Waals surface area contributed by atoms with Crippen molar-refractivity contribution in [3.8, 4) is 11.4 Å². The summed E-state index contributed by atoms with van der Waals surface area (Å²) in [4.78, 5) is 13.1. The minimum atomic E-state index is -0.479. The second-order valence-electron chi connectivity index (χ2n) is 6.64. The van der Waals surface area contributed by atoms with Crippen molar-refractivity contribution in [2.24, 2.45) is 7.05 Å². The van der Waals surface area contributed by atoms with E-state index >= 15 is 0 Å². The lowest BCUT2D eigenvalue weighted by Gasteiger charge is -2.16. The average molecular weight is 435 g/mol. The quantitative estimate of drug-likeness (QED) is 0.401. The predicted octanol–water partition coefficient (Wildman–Crippen LogP) is 5.61. The Morgan fingerprint density at radius 2 is 1.57 bits per heavy atom. The van der Waals surface area contributed by atoms with Gasteiger partial charge in [-0.25, -0.2) is 0 Å². The summed E-state index contributed by atoms with van der Waals surface area (Å²) in [6.45, 7) is 0. The molecule has 7 heteroatoms.